The molecule has 0 spiro atoms. The molecule has 0 saturated carbocycles. The first-order valence-electron chi connectivity index (χ1n) is 10.9. The lowest BCUT2D eigenvalue weighted by Crippen LogP contribution is -2.44. The molecule has 3 aromatic rings. The standard InChI is InChI=1S/C25H24N6O/c1-30-10-12-31(13-11-30)18-5-9-21-23(15-18)29-25(27-21)17-4-8-20-22(14-17)28-24(26-20)16-2-6-19(32)7-3-16/h2-9,14-15,17,32H,10-13H2,1H3,(H,27,29). The Morgan fingerprint density at radius 3 is 2.62 bits per heavy atom. The van der Waals surface area contributed by atoms with E-state index in [0.29, 0.717) is 5.84 Å². The van der Waals surface area contributed by atoms with Crippen LogP contribution in [-0.2, 0) is 0 Å². The van der Waals surface area contributed by atoms with E-state index >= 15 is 0 Å². The molecule has 1 atom stereocenters. The van der Waals surface area contributed by atoms with Gasteiger partial charge in [0.25, 0.3) is 0 Å². The molecule has 2 aromatic carbocycles. The first-order valence-corrected chi connectivity index (χ1v) is 10.9. The molecule has 3 aliphatic rings. The number of aromatic nitrogens is 2. The Labute approximate surface area is 186 Å². The summed E-state index contributed by atoms with van der Waals surface area (Å²) in [4.78, 5) is 22.5. The number of amidine groups is 1. The van der Waals surface area contributed by atoms with Crippen molar-refractivity contribution in [2.45, 2.75) is 5.92 Å². The second-order valence-electron chi connectivity index (χ2n) is 8.53. The van der Waals surface area contributed by atoms with Gasteiger partial charge in [0.2, 0.25) is 0 Å². The second kappa shape index (κ2) is 7.46. The number of piperazine rings is 1. The van der Waals surface area contributed by atoms with Crippen molar-refractivity contribution < 1.29 is 5.11 Å². The van der Waals surface area contributed by atoms with E-state index in [4.69, 9.17) is 9.98 Å². The summed E-state index contributed by atoms with van der Waals surface area (Å²) in [6.07, 6.45) is 6.22. The fraction of sp³-hybridized carbons (Fsp3) is 0.240. The first kappa shape index (κ1) is 19.0. The molecule has 0 bridgehead atoms. The number of fused-ring (bicyclic) bond motifs is 2. The highest BCUT2D eigenvalue weighted by molar-refractivity contribution is 6.22. The summed E-state index contributed by atoms with van der Waals surface area (Å²) in [5.74, 6) is 1.83. The average molecular weight is 425 g/mol. The number of likely N-dealkylation sites (N-methyl/N-ethyl adjacent to an activating group) is 1. The Morgan fingerprint density at radius 1 is 1.00 bits per heavy atom. The maximum atomic E-state index is 9.51. The van der Waals surface area contributed by atoms with Crippen molar-refractivity contribution in [1.82, 2.24) is 14.9 Å². The van der Waals surface area contributed by atoms with E-state index in [9.17, 15) is 5.11 Å². The van der Waals surface area contributed by atoms with Gasteiger partial charge in [0, 0.05) is 37.4 Å². The molecule has 7 heteroatoms. The lowest BCUT2D eigenvalue weighted by atomic mass is 9.99. The fourth-order valence-corrected chi connectivity index (χ4v) is 4.38. The van der Waals surface area contributed by atoms with E-state index in [1.807, 2.05) is 18.2 Å². The third-order valence-corrected chi connectivity index (χ3v) is 6.31. The lowest BCUT2D eigenvalue weighted by molar-refractivity contribution is 0.313. The van der Waals surface area contributed by atoms with Gasteiger partial charge in [-0.1, -0.05) is 6.08 Å². The maximum absolute atomic E-state index is 9.51. The van der Waals surface area contributed by atoms with Gasteiger partial charge in [-0.15, -0.1) is 0 Å². The van der Waals surface area contributed by atoms with E-state index < -0.39 is 0 Å². The minimum atomic E-state index is 0.0198. The molecule has 2 N–H and O–H groups in total. The molecule has 1 fully saturated rings. The van der Waals surface area contributed by atoms with Crippen LogP contribution in [0.25, 0.3) is 11.0 Å². The van der Waals surface area contributed by atoms with Crippen LogP contribution in [0.1, 0.15) is 17.3 Å². The molecular weight excluding hydrogens is 400 g/mol. The van der Waals surface area contributed by atoms with Crippen LogP contribution in [0.15, 0.2) is 76.4 Å². The molecule has 1 unspecified atom stereocenters. The van der Waals surface area contributed by atoms with E-state index in [1.54, 1.807) is 12.1 Å². The fourth-order valence-electron chi connectivity index (χ4n) is 4.38. The number of benzene rings is 2. The van der Waals surface area contributed by atoms with E-state index in [2.05, 4.69) is 57.2 Å². The summed E-state index contributed by atoms with van der Waals surface area (Å²) in [7, 11) is 2.17. The molecule has 6 rings (SSSR count). The van der Waals surface area contributed by atoms with Crippen molar-refractivity contribution in [3.8, 4) is 5.75 Å². The number of nitrogens with zero attached hydrogens (tertiary/aromatic N) is 5. The van der Waals surface area contributed by atoms with Crippen molar-refractivity contribution in [3.63, 3.8) is 0 Å². The molecule has 160 valence electrons. The van der Waals surface area contributed by atoms with Crippen molar-refractivity contribution in [2.24, 2.45) is 9.98 Å². The number of imidazole rings is 1. The first-order chi connectivity index (χ1) is 15.6. The number of hydrogen-bond donors (Lipinski definition) is 2. The van der Waals surface area contributed by atoms with E-state index in [-0.39, 0.29) is 11.7 Å². The quantitative estimate of drug-likeness (QED) is 0.675. The van der Waals surface area contributed by atoms with Crippen LogP contribution < -0.4 is 4.90 Å². The average Bonchev–Trinajstić information content (AvgIpc) is 3.43. The van der Waals surface area contributed by atoms with Crippen molar-refractivity contribution in [3.05, 3.63) is 77.8 Å². The SMILES string of the molecule is CN1CCN(c2ccc3nc(C4C=CC5=NC(c6ccc(O)cc6)=NC5=C4)[nH]c3c2)CC1. The smallest absolute Gasteiger partial charge is 0.160 e. The van der Waals surface area contributed by atoms with Crippen LogP contribution >= 0.6 is 0 Å². The van der Waals surface area contributed by atoms with Gasteiger partial charge in [-0.25, -0.2) is 15.0 Å². The molecule has 1 saturated heterocycles. The Kier molecular flexibility index (Phi) is 4.43. The molecule has 7 nitrogen and oxygen atoms in total. The number of aromatic amines is 1. The number of aromatic hydroxyl groups is 1. The number of anilines is 1. The number of H-pyrrole nitrogens is 1. The van der Waals surface area contributed by atoms with Gasteiger partial charge in [-0.05, 0) is 61.7 Å². The molecule has 0 amide bonds. The minimum Gasteiger partial charge on any atom is -0.508 e. The second-order valence-corrected chi connectivity index (χ2v) is 8.53. The van der Waals surface area contributed by atoms with Crippen LogP contribution in [0.5, 0.6) is 5.75 Å². The highest BCUT2D eigenvalue weighted by atomic mass is 16.3. The summed E-state index contributed by atoms with van der Waals surface area (Å²) < 4.78 is 0. The van der Waals surface area contributed by atoms with Crippen LogP contribution in [0.3, 0.4) is 0 Å². The Morgan fingerprint density at radius 2 is 1.81 bits per heavy atom. The van der Waals surface area contributed by atoms with E-state index in [0.717, 1.165) is 60.0 Å². The van der Waals surface area contributed by atoms with Gasteiger partial charge in [0.05, 0.1) is 28.4 Å². The van der Waals surface area contributed by atoms with Crippen LogP contribution in [0, 0.1) is 0 Å². The Bertz CT molecular complexity index is 1310. The number of phenols is 1. The highest BCUT2D eigenvalue weighted by Gasteiger charge is 2.23. The predicted molar refractivity (Wildman–Crippen MR) is 128 cm³/mol. The molecule has 3 heterocycles. The summed E-state index contributed by atoms with van der Waals surface area (Å²) >= 11 is 0. The predicted octanol–water partition coefficient (Wildman–Crippen LogP) is 3.46. The van der Waals surface area contributed by atoms with Crippen molar-refractivity contribution >= 4 is 28.3 Å². The Hall–Kier alpha value is -3.71. The number of rotatable bonds is 3. The summed E-state index contributed by atoms with van der Waals surface area (Å²) in [5.41, 5.74) is 5.88. The summed E-state index contributed by atoms with van der Waals surface area (Å²) in [6.45, 7) is 4.26. The molecule has 0 radical (unpaired) electrons. The third-order valence-electron chi connectivity index (χ3n) is 6.31. The number of nitrogens with one attached hydrogen (secondary N) is 1. The van der Waals surface area contributed by atoms with Crippen LogP contribution in [0.4, 0.5) is 5.69 Å². The summed E-state index contributed by atoms with van der Waals surface area (Å²) in [5, 5.41) is 9.51. The van der Waals surface area contributed by atoms with Gasteiger partial charge in [0.15, 0.2) is 5.84 Å². The van der Waals surface area contributed by atoms with Gasteiger partial charge in [0.1, 0.15) is 11.6 Å². The number of hydrogen-bond acceptors (Lipinski definition) is 6. The van der Waals surface area contributed by atoms with E-state index in [1.165, 1.54) is 5.69 Å². The molecule has 1 aliphatic carbocycles. The monoisotopic (exact) mass is 424 g/mol. The van der Waals surface area contributed by atoms with Gasteiger partial charge in [-0.2, -0.15) is 0 Å². The zero-order valence-corrected chi connectivity index (χ0v) is 17.9. The zero-order chi connectivity index (χ0) is 21.7. The molecule has 1 aromatic heterocycles. The van der Waals surface area contributed by atoms with Gasteiger partial charge in [-0.3, -0.25) is 0 Å². The zero-order valence-electron chi connectivity index (χ0n) is 17.9. The van der Waals surface area contributed by atoms with Crippen molar-refractivity contribution in [2.75, 3.05) is 38.1 Å². The lowest BCUT2D eigenvalue weighted by Gasteiger charge is -2.34. The topological polar surface area (TPSA) is 80.1 Å². The highest BCUT2D eigenvalue weighted by Crippen LogP contribution is 2.30. The molecular formula is C25H24N6O. The van der Waals surface area contributed by atoms with Crippen molar-refractivity contribution in [1.29, 1.82) is 0 Å². The normalized spacial score (nSPS) is 20.8. The molecule has 2 aliphatic heterocycles. The molecule has 32 heavy (non-hydrogen) atoms. The maximum Gasteiger partial charge on any atom is 0.160 e. The third kappa shape index (κ3) is 3.40. The minimum absolute atomic E-state index is 0.0198. The number of phenolic OH excluding ortho intramolecular Hbond substituents is 1. The number of allylic oxidation sites excluding steroid dienone is 3. The van der Waals surface area contributed by atoms with Gasteiger partial charge < -0.3 is 19.9 Å². The number of aliphatic imine (C=N–C) groups is 2. The van der Waals surface area contributed by atoms with Gasteiger partial charge >= 0.3 is 0 Å². The largest absolute Gasteiger partial charge is 0.508 e. The Balaban J connectivity index is 1.27. The summed E-state index contributed by atoms with van der Waals surface area (Å²) in [6, 6.07) is 13.4. The van der Waals surface area contributed by atoms with Crippen LogP contribution in [-0.4, -0.2) is 64.7 Å². The van der Waals surface area contributed by atoms with Crippen LogP contribution in [0.2, 0.25) is 0 Å².